The lowest BCUT2D eigenvalue weighted by Crippen LogP contribution is -2.34. The molecule has 2 aromatic carbocycles. The van der Waals surface area contributed by atoms with Gasteiger partial charge >= 0.3 is 0 Å². The molecule has 0 saturated carbocycles. The molecule has 1 amide bonds. The van der Waals surface area contributed by atoms with E-state index in [9.17, 15) is 4.79 Å². The summed E-state index contributed by atoms with van der Waals surface area (Å²) in [5, 5.41) is 15.2. The Kier molecular flexibility index (Phi) is 6.43. The first-order valence-electron chi connectivity index (χ1n) is 9.57. The molecule has 2 N–H and O–H groups in total. The molecule has 8 heteroatoms. The lowest BCUT2D eigenvalue weighted by molar-refractivity contribution is -0.120. The van der Waals surface area contributed by atoms with Crippen LogP contribution in [0.15, 0.2) is 36.4 Å². The minimum absolute atomic E-state index is 0.0994. The van der Waals surface area contributed by atoms with E-state index in [1.165, 1.54) is 0 Å². The lowest BCUT2D eigenvalue weighted by Gasteiger charge is -2.12. The van der Waals surface area contributed by atoms with Crippen molar-refractivity contribution >= 4 is 40.0 Å². The first-order chi connectivity index (χ1) is 13.9. The molecular weight excluding hydrogens is 386 g/mol. The van der Waals surface area contributed by atoms with E-state index in [1.807, 2.05) is 64.1 Å². The largest absolute Gasteiger partial charge is 0.494 e. The molecule has 0 saturated heterocycles. The van der Waals surface area contributed by atoms with Crippen LogP contribution >= 0.6 is 12.2 Å². The van der Waals surface area contributed by atoms with Crippen molar-refractivity contribution in [3.63, 3.8) is 0 Å². The number of ether oxygens (including phenoxy) is 1. The summed E-state index contributed by atoms with van der Waals surface area (Å²) in [4.78, 5) is 13.5. The number of amides is 1. The van der Waals surface area contributed by atoms with Crippen molar-refractivity contribution in [1.29, 1.82) is 0 Å². The van der Waals surface area contributed by atoms with Crippen LogP contribution in [0.2, 0.25) is 0 Å². The molecule has 3 aromatic rings. The molecule has 0 radical (unpaired) electrons. The minimum atomic E-state index is -0.0994. The molecular formula is C21H25N5O2S. The topological polar surface area (TPSA) is 81.1 Å². The number of rotatable bonds is 6. The quantitative estimate of drug-likeness (QED) is 0.597. The summed E-state index contributed by atoms with van der Waals surface area (Å²) in [5.74, 6) is 0.981. The van der Waals surface area contributed by atoms with Crippen molar-refractivity contribution in [3.8, 4) is 11.4 Å². The molecule has 1 heterocycles. The smallest absolute Gasteiger partial charge is 0.226 e. The van der Waals surface area contributed by atoms with Crippen LogP contribution in [0, 0.1) is 12.8 Å². The Balaban J connectivity index is 1.78. The highest BCUT2D eigenvalue weighted by molar-refractivity contribution is 7.80. The number of thiocarbonyl (C=S) groups is 1. The number of aromatic nitrogens is 3. The highest BCUT2D eigenvalue weighted by atomic mass is 32.1. The van der Waals surface area contributed by atoms with Gasteiger partial charge in [0.25, 0.3) is 0 Å². The maximum absolute atomic E-state index is 11.9. The predicted octanol–water partition coefficient (Wildman–Crippen LogP) is 3.99. The van der Waals surface area contributed by atoms with Crippen LogP contribution in [0.3, 0.4) is 0 Å². The van der Waals surface area contributed by atoms with Crippen molar-refractivity contribution in [1.82, 2.24) is 20.3 Å². The third-order valence-corrected chi connectivity index (χ3v) is 4.40. The van der Waals surface area contributed by atoms with Crippen LogP contribution < -0.4 is 15.4 Å². The average Bonchev–Trinajstić information content (AvgIpc) is 3.04. The fraction of sp³-hybridized carbons (Fsp3) is 0.333. The van der Waals surface area contributed by atoms with Gasteiger partial charge in [-0.05, 0) is 73.9 Å². The summed E-state index contributed by atoms with van der Waals surface area (Å²) < 4.78 is 5.47. The number of nitrogens with one attached hydrogen (secondary N) is 2. The summed E-state index contributed by atoms with van der Waals surface area (Å²) in [6, 6.07) is 11.4. The van der Waals surface area contributed by atoms with Crippen molar-refractivity contribution < 1.29 is 9.53 Å². The lowest BCUT2D eigenvalue weighted by atomic mass is 10.1. The van der Waals surface area contributed by atoms with E-state index >= 15 is 0 Å². The minimum Gasteiger partial charge on any atom is -0.494 e. The van der Waals surface area contributed by atoms with Gasteiger partial charge in [0.05, 0.1) is 12.3 Å². The molecule has 1 aromatic heterocycles. The molecule has 0 aliphatic carbocycles. The summed E-state index contributed by atoms with van der Waals surface area (Å²) >= 11 is 5.27. The van der Waals surface area contributed by atoms with E-state index in [-0.39, 0.29) is 16.9 Å². The van der Waals surface area contributed by atoms with Gasteiger partial charge in [0.1, 0.15) is 16.8 Å². The van der Waals surface area contributed by atoms with Gasteiger partial charge in [-0.1, -0.05) is 13.8 Å². The number of benzene rings is 2. The van der Waals surface area contributed by atoms with Gasteiger partial charge in [-0.3, -0.25) is 4.79 Å². The van der Waals surface area contributed by atoms with Crippen molar-refractivity contribution in [2.45, 2.75) is 34.1 Å². The Labute approximate surface area is 175 Å². The second-order valence-electron chi connectivity index (χ2n) is 7.17. The molecule has 0 unspecified atom stereocenters. The summed E-state index contributed by atoms with van der Waals surface area (Å²) in [6.07, 6.45) is 0.427. The number of hydrogen-bond acceptors (Lipinski definition) is 5. The molecule has 0 atom stereocenters. The molecule has 152 valence electrons. The zero-order valence-electron chi connectivity index (χ0n) is 17.0. The maximum Gasteiger partial charge on any atom is 0.226 e. The average molecular weight is 412 g/mol. The first kappa shape index (κ1) is 20.7. The van der Waals surface area contributed by atoms with Gasteiger partial charge in [0.15, 0.2) is 5.11 Å². The fourth-order valence-electron chi connectivity index (χ4n) is 2.86. The molecule has 0 bridgehead atoms. The van der Waals surface area contributed by atoms with Crippen molar-refractivity contribution in [3.05, 3.63) is 42.0 Å². The highest BCUT2D eigenvalue weighted by Gasteiger charge is 2.11. The Bertz CT molecular complexity index is 1030. The number of fused-ring (bicyclic) bond motifs is 1. The van der Waals surface area contributed by atoms with Gasteiger partial charge in [-0.2, -0.15) is 4.80 Å². The van der Waals surface area contributed by atoms with E-state index in [1.54, 1.807) is 4.80 Å². The van der Waals surface area contributed by atoms with Gasteiger partial charge in [0.2, 0.25) is 5.91 Å². The monoisotopic (exact) mass is 411 g/mol. The van der Waals surface area contributed by atoms with E-state index in [4.69, 9.17) is 17.0 Å². The number of aryl methyl sites for hydroxylation is 1. The Morgan fingerprint density at radius 3 is 2.45 bits per heavy atom. The number of hydrogen-bond donors (Lipinski definition) is 2. The van der Waals surface area contributed by atoms with Crippen LogP contribution in [0.4, 0.5) is 5.69 Å². The SMILES string of the molecule is CCOc1ccc(-n2nc3cc(C)c(NC(=S)NC(=O)CC(C)C)cc3n2)cc1. The third kappa shape index (κ3) is 5.29. The van der Waals surface area contributed by atoms with E-state index in [0.29, 0.717) is 13.0 Å². The van der Waals surface area contributed by atoms with Crippen LogP contribution in [-0.4, -0.2) is 32.6 Å². The van der Waals surface area contributed by atoms with Crippen molar-refractivity contribution in [2.75, 3.05) is 11.9 Å². The zero-order valence-corrected chi connectivity index (χ0v) is 17.8. The Morgan fingerprint density at radius 2 is 1.83 bits per heavy atom. The Morgan fingerprint density at radius 1 is 1.17 bits per heavy atom. The molecule has 7 nitrogen and oxygen atoms in total. The van der Waals surface area contributed by atoms with Crippen LogP contribution in [0.1, 0.15) is 32.8 Å². The molecule has 0 fully saturated rings. The van der Waals surface area contributed by atoms with Gasteiger partial charge in [-0.15, -0.1) is 10.2 Å². The zero-order chi connectivity index (χ0) is 21.0. The normalized spacial score (nSPS) is 10.9. The molecule has 3 rings (SSSR count). The van der Waals surface area contributed by atoms with Gasteiger partial charge < -0.3 is 15.4 Å². The molecule has 29 heavy (non-hydrogen) atoms. The predicted molar refractivity (Wildman–Crippen MR) is 119 cm³/mol. The molecule has 0 aliphatic rings. The van der Waals surface area contributed by atoms with Crippen LogP contribution in [0.25, 0.3) is 16.7 Å². The van der Waals surface area contributed by atoms with E-state index < -0.39 is 0 Å². The summed E-state index contributed by atoms with van der Waals surface area (Å²) in [6.45, 7) is 8.50. The maximum atomic E-state index is 11.9. The van der Waals surface area contributed by atoms with E-state index in [2.05, 4.69) is 20.8 Å². The first-order valence-corrected chi connectivity index (χ1v) is 9.98. The van der Waals surface area contributed by atoms with E-state index in [0.717, 1.165) is 33.7 Å². The fourth-order valence-corrected chi connectivity index (χ4v) is 3.09. The van der Waals surface area contributed by atoms with Crippen molar-refractivity contribution in [2.24, 2.45) is 5.92 Å². The number of carbonyl (C=O) groups is 1. The van der Waals surface area contributed by atoms with Crippen LogP contribution in [0.5, 0.6) is 5.75 Å². The Hall–Kier alpha value is -3.00. The summed E-state index contributed by atoms with van der Waals surface area (Å²) in [7, 11) is 0. The van der Waals surface area contributed by atoms with Crippen LogP contribution in [-0.2, 0) is 4.79 Å². The summed E-state index contributed by atoms with van der Waals surface area (Å²) in [5.41, 5.74) is 4.08. The molecule has 0 aliphatic heterocycles. The van der Waals surface area contributed by atoms with Gasteiger partial charge in [0, 0.05) is 12.1 Å². The number of anilines is 1. The third-order valence-electron chi connectivity index (χ3n) is 4.20. The van der Waals surface area contributed by atoms with Gasteiger partial charge in [-0.25, -0.2) is 0 Å². The number of nitrogens with zero attached hydrogens (tertiary/aromatic N) is 3. The molecule has 0 spiro atoms. The second kappa shape index (κ2) is 9.00. The second-order valence-corrected chi connectivity index (χ2v) is 7.58. The highest BCUT2D eigenvalue weighted by Crippen LogP contribution is 2.23. The number of carbonyl (C=O) groups excluding carboxylic acids is 1. The standard InChI is InChI=1S/C21H25N5O2S/c1-5-28-16-8-6-15(7-9-16)26-24-18-11-14(4)17(12-19(18)25-26)22-21(29)23-20(27)10-13(2)3/h6-9,11-13H,5,10H2,1-4H3,(H2,22,23,27,29).